The van der Waals surface area contributed by atoms with Crippen LogP contribution < -0.4 is 4.74 Å². The van der Waals surface area contributed by atoms with Crippen LogP contribution in [-0.2, 0) is 14.3 Å². The van der Waals surface area contributed by atoms with Crippen molar-refractivity contribution >= 4 is 79.7 Å². The number of hydrogen-bond acceptors (Lipinski definition) is 5. The summed E-state index contributed by atoms with van der Waals surface area (Å²) in [5.74, 6) is -0.619. The number of nitrogens with zero attached hydrogens (tertiary/aromatic N) is 1. The Hall–Kier alpha value is 0.0500. The summed E-state index contributed by atoms with van der Waals surface area (Å²) in [5.41, 5.74) is -0.152. The first kappa shape index (κ1) is 24.3. The minimum absolute atomic E-state index is 0.0759. The van der Waals surface area contributed by atoms with Gasteiger partial charge in [0, 0.05) is 39.6 Å². The number of rotatable bonds is 4. The molecule has 0 amide bonds. The Balaban J connectivity index is 1.98. The molecule has 1 aromatic carbocycles. The summed E-state index contributed by atoms with van der Waals surface area (Å²) < 4.78 is 13.8. The second-order valence-corrected chi connectivity index (χ2v) is 11.7. The van der Waals surface area contributed by atoms with Gasteiger partial charge in [-0.2, -0.15) is 0 Å². The fraction of sp³-hybridized carbons (Fsp3) is 0.500. The van der Waals surface area contributed by atoms with Crippen LogP contribution in [0.25, 0.3) is 0 Å². The smallest absolute Gasteiger partial charge is 0.336 e. The lowest BCUT2D eigenvalue weighted by Crippen LogP contribution is -2.60. The largest absolute Gasteiger partial charge is 0.459 e. The van der Waals surface area contributed by atoms with E-state index in [-0.39, 0.29) is 17.2 Å². The van der Waals surface area contributed by atoms with Crippen LogP contribution in [0.5, 0.6) is 5.75 Å². The van der Waals surface area contributed by atoms with Gasteiger partial charge in [-0.15, -0.1) is 0 Å². The lowest BCUT2D eigenvalue weighted by Gasteiger charge is -2.53. The van der Waals surface area contributed by atoms with Crippen molar-refractivity contribution in [3.05, 3.63) is 35.0 Å². The molecule has 0 N–H and O–H groups in total. The van der Waals surface area contributed by atoms with Crippen molar-refractivity contribution < 1.29 is 19.1 Å². The SMILES string of the molecule is CN1C(C)(C)CC(OC(=O)/C=C/C(=O)Oc2c(I)cc(I)cc2I)CC1(C)C. The predicted molar refractivity (Wildman–Crippen MR) is 134 cm³/mol. The van der Waals surface area contributed by atoms with E-state index in [9.17, 15) is 9.59 Å². The lowest BCUT2D eigenvalue weighted by atomic mass is 9.79. The Labute approximate surface area is 207 Å². The van der Waals surface area contributed by atoms with Crippen LogP contribution in [0, 0.1) is 10.7 Å². The highest BCUT2D eigenvalue weighted by atomic mass is 127. The van der Waals surface area contributed by atoms with Crippen molar-refractivity contribution in [1.29, 1.82) is 0 Å². The molecule has 0 aromatic heterocycles. The molecule has 0 spiro atoms. The number of ether oxygens (including phenoxy) is 2. The average Bonchev–Trinajstić information content (AvgIpc) is 2.53. The molecule has 1 aromatic rings. The predicted octanol–water partition coefficient (Wildman–Crippen LogP) is 5.16. The molecule has 0 unspecified atom stereocenters. The molecule has 1 saturated heterocycles. The normalized spacial score (nSPS) is 19.6. The zero-order valence-electron chi connectivity index (χ0n) is 16.5. The van der Waals surface area contributed by atoms with E-state index in [0.29, 0.717) is 5.75 Å². The van der Waals surface area contributed by atoms with E-state index in [0.717, 1.165) is 35.7 Å². The zero-order chi connectivity index (χ0) is 21.3. The maximum atomic E-state index is 12.2. The van der Waals surface area contributed by atoms with Crippen LogP contribution in [0.2, 0.25) is 0 Å². The van der Waals surface area contributed by atoms with E-state index in [1.54, 1.807) is 0 Å². The molecule has 154 valence electrons. The van der Waals surface area contributed by atoms with Crippen molar-refractivity contribution in [2.75, 3.05) is 7.05 Å². The summed E-state index contributed by atoms with van der Waals surface area (Å²) in [6, 6.07) is 3.85. The average molecular weight is 723 g/mol. The Morgan fingerprint density at radius 1 is 1.00 bits per heavy atom. The molecular formula is C20H24I3NO4. The molecule has 1 aliphatic rings. The number of piperidine rings is 1. The number of benzene rings is 1. The molecule has 1 fully saturated rings. The van der Waals surface area contributed by atoms with Crippen molar-refractivity contribution in [1.82, 2.24) is 4.90 Å². The first-order valence-corrected chi connectivity index (χ1v) is 12.0. The van der Waals surface area contributed by atoms with Gasteiger partial charge in [-0.1, -0.05) is 0 Å². The van der Waals surface area contributed by atoms with E-state index in [1.807, 2.05) is 12.1 Å². The highest BCUT2D eigenvalue weighted by Gasteiger charge is 2.44. The molecule has 0 radical (unpaired) electrons. The van der Waals surface area contributed by atoms with E-state index in [1.165, 1.54) is 0 Å². The third-order valence-corrected chi connectivity index (χ3v) is 7.30. The van der Waals surface area contributed by atoms with Gasteiger partial charge in [-0.05, 0) is 115 Å². The van der Waals surface area contributed by atoms with Crippen LogP contribution in [-0.4, -0.2) is 41.1 Å². The van der Waals surface area contributed by atoms with Gasteiger partial charge >= 0.3 is 11.9 Å². The third-order valence-electron chi connectivity index (χ3n) is 5.07. The van der Waals surface area contributed by atoms with Gasteiger partial charge in [0.1, 0.15) is 6.10 Å². The highest BCUT2D eigenvalue weighted by Crippen LogP contribution is 2.38. The number of carbonyl (C=O) groups excluding carboxylic acids is 2. The van der Waals surface area contributed by atoms with Crippen molar-refractivity contribution in [3.63, 3.8) is 0 Å². The highest BCUT2D eigenvalue weighted by molar-refractivity contribution is 14.1. The summed E-state index contributed by atoms with van der Waals surface area (Å²) in [4.78, 5) is 26.7. The van der Waals surface area contributed by atoms with Crippen molar-refractivity contribution in [2.24, 2.45) is 0 Å². The fourth-order valence-corrected chi connectivity index (χ4v) is 7.27. The van der Waals surface area contributed by atoms with Crippen LogP contribution in [0.3, 0.4) is 0 Å². The van der Waals surface area contributed by atoms with Gasteiger partial charge in [-0.3, -0.25) is 4.90 Å². The summed E-state index contributed by atoms with van der Waals surface area (Å²) >= 11 is 6.46. The summed E-state index contributed by atoms with van der Waals surface area (Å²) in [6.07, 6.45) is 3.57. The molecule has 0 saturated carbocycles. The molecule has 8 heteroatoms. The number of carbonyl (C=O) groups is 2. The van der Waals surface area contributed by atoms with Gasteiger partial charge < -0.3 is 9.47 Å². The summed E-state index contributed by atoms with van der Waals surface area (Å²) in [5, 5.41) is 0. The lowest BCUT2D eigenvalue weighted by molar-refractivity contribution is -0.153. The molecule has 0 aliphatic carbocycles. The second kappa shape index (κ2) is 9.46. The summed E-state index contributed by atoms with van der Waals surface area (Å²) in [7, 11) is 2.10. The molecule has 0 atom stereocenters. The number of hydrogen-bond donors (Lipinski definition) is 0. The fourth-order valence-electron chi connectivity index (χ4n) is 3.46. The maximum absolute atomic E-state index is 12.2. The van der Waals surface area contributed by atoms with Gasteiger partial charge in [0.25, 0.3) is 0 Å². The number of likely N-dealkylation sites (tertiary alicyclic amines) is 1. The van der Waals surface area contributed by atoms with Crippen LogP contribution in [0.4, 0.5) is 0 Å². The van der Waals surface area contributed by atoms with E-state index < -0.39 is 11.9 Å². The molecule has 0 bridgehead atoms. The second-order valence-electron chi connectivity index (χ2n) is 8.10. The number of esters is 2. The molecule has 2 rings (SSSR count). The molecule has 1 heterocycles. The van der Waals surface area contributed by atoms with E-state index >= 15 is 0 Å². The van der Waals surface area contributed by atoms with E-state index in [2.05, 4.69) is 107 Å². The Bertz CT molecular complexity index is 764. The molecule has 1 aliphatic heterocycles. The van der Waals surface area contributed by atoms with E-state index in [4.69, 9.17) is 9.47 Å². The minimum Gasteiger partial charge on any atom is -0.459 e. The maximum Gasteiger partial charge on any atom is 0.336 e. The zero-order valence-corrected chi connectivity index (χ0v) is 23.0. The third kappa shape index (κ3) is 6.27. The van der Waals surface area contributed by atoms with Gasteiger partial charge in [0.2, 0.25) is 0 Å². The Morgan fingerprint density at radius 3 is 1.96 bits per heavy atom. The Morgan fingerprint density at radius 2 is 1.46 bits per heavy atom. The van der Waals surface area contributed by atoms with Gasteiger partial charge in [-0.25, -0.2) is 9.59 Å². The molecular weight excluding hydrogens is 699 g/mol. The van der Waals surface area contributed by atoms with Gasteiger partial charge in [0.15, 0.2) is 5.75 Å². The first-order valence-electron chi connectivity index (χ1n) is 8.81. The van der Waals surface area contributed by atoms with Crippen LogP contribution in [0.15, 0.2) is 24.3 Å². The van der Waals surface area contributed by atoms with Crippen LogP contribution in [0.1, 0.15) is 40.5 Å². The van der Waals surface area contributed by atoms with Gasteiger partial charge in [0.05, 0.1) is 7.14 Å². The Kier molecular flexibility index (Phi) is 8.22. The quantitative estimate of drug-likeness (QED) is 0.186. The minimum atomic E-state index is -0.599. The van der Waals surface area contributed by atoms with Crippen molar-refractivity contribution in [3.8, 4) is 5.75 Å². The topological polar surface area (TPSA) is 55.8 Å². The number of halogens is 3. The van der Waals surface area contributed by atoms with Crippen LogP contribution >= 0.6 is 67.8 Å². The monoisotopic (exact) mass is 723 g/mol. The standard InChI is InChI=1S/C20H24I3NO4/c1-19(2)10-13(11-20(3,4)24(19)5)27-16(25)6-7-17(26)28-18-14(22)8-12(21)9-15(18)23/h6-9,13H,10-11H2,1-5H3/b7-6+. The molecule has 28 heavy (non-hydrogen) atoms. The molecule has 5 nitrogen and oxygen atoms in total. The van der Waals surface area contributed by atoms with Crippen molar-refractivity contribution in [2.45, 2.75) is 57.7 Å². The first-order chi connectivity index (χ1) is 12.8. The summed E-state index contributed by atoms with van der Waals surface area (Å²) in [6.45, 7) is 8.58.